The minimum atomic E-state index is -0.273. The number of hydrogen-bond acceptors (Lipinski definition) is 1. The fraction of sp³-hybridized carbons (Fsp3) is 0.667. The van der Waals surface area contributed by atoms with Crippen molar-refractivity contribution in [2.45, 2.75) is 199 Å². The first kappa shape index (κ1) is 42.3. The van der Waals surface area contributed by atoms with Gasteiger partial charge in [0.25, 0.3) is 0 Å². The molecule has 4 aliphatic rings. The Morgan fingerprint density at radius 3 is 1.17 bits per heavy atom. The standard InChI is InChI=1S/C51H78O/c1-37-19-13-15-21-39(3)29-33-50(43(7)27-25-37,46-41(5)23-17-31-48(46,9)10)35-45(52)36-51(47-42(6)24-18-32-49(47,11)12)34-30-40(4)22-16-14-20-38(2)26-28-44(51)8/h19-22,27-28H,13-18,23-26,29-36H2,1-12H3/b37-19-,38-20-,39-21-,40-22-,43-27-,44-28-. The Bertz CT molecular complexity index is 1450. The van der Waals surface area contributed by atoms with Gasteiger partial charge in [0.1, 0.15) is 5.78 Å². The Hall–Kier alpha value is -2.41. The second-order valence-electron chi connectivity index (χ2n) is 19.4. The Kier molecular flexibility index (Phi) is 14.5. The fourth-order valence-corrected chi connectivity index (χ4v) is 11.3. The highest BCUT2D eigenvalue weighted by Crippen LogP contribution is 2.60. The number of allylic oxidation sites excluding steroid dienone is 16. The molecule has 0 heterocycles. The van der Waals surface area contributed by atoms with Crippen molar-refractivity contribution in [3.8, 4) is 0 Å². The highest BCUT2D eigenvalue weighted by Gasteiger charge is 2.49. The average Bonchev–Trinajstić information content (AvgIpc) is 3.05. The van der Waals surface area contributed by atoms with Crippen molar-refractivity contribution >= 4 is 5.78 Å². The molecule has 288 valence electrons. The summed E-state index contributed by atoms with van der Waals surface area (Å²) in [5.74, 6) is 0.464. The average molecular weight is 707 g/mol. The van der Waals surface area contributed by atoms with Gasteiger partial charge in [0.2, 0.25) is 0 Å². The molecule has 0 spiro atoms. The maximum Gasteiger partial charge on any atom is 0.135 e. The van der Waals surface area contributed by atoms with Crippen molar-refractivity contribution in [1.82, 2.24) is 0 Å². The molecule has 52 heavy (non-hydrogen) atoms. The van der Waals surface area contributed by atoms with Crippen LogP contribution >= 0.6 is 0 Å². The second kappa shape index (κ2) is 17.8. The van der Waals surface area contributed by atoms with Crippen molar-refractivity contribution in [1.29, 1.82) is 0 Å². The lowest BCUT2D eigenvalue weighted by molar-refractivity contribution is -0.122. The first-order chi connectivity index (χ1) is 24.4. The predicted molar refractivity (Wildman–Crippen MR) is 228 cm³/mol. The smallest absolute Gasteiger partial charge is 0.135 e. The van der Waals surface area contributed by atoms with Gasteiger partial charge in [0.15, 0.2) is 0 Å². The summed E-state index contributed by atoms with van der Waals surface area (Å²) in [6.07, 6.45) is 33.8. The molecular weight excluding hydrogens is 629 g/mol. The van der Waals surface area contributed by atoms with E-state index in [2.05, 4.69) is 120 Å². The molecule has 0 aliphatic heterocycles. The number of Topliss-reactive ketones (excluding diaryl/α,β-unsaturated/α-hetero) is 1. The van der Waals surface area contributed by atoms with Crippen LogP contribution in [0.3, 0.4) is 0 Å². The Balaban J connectivity index is 1.96. The predicted octanol–water partition coefficient (Wildman–Crippen LogP) is 16.0. The maximum absolute atomic E-state index is 15.7. The van der Waals surface area contributed by atoms with Crippen LogP contribution in [0.5, 0.6) is 0 Å². The van der Waals surface area contributed by atoms with Crippen LogP contribution in [-0.2, 0) is 4.79 Å². The van der Waals surface area contributed by atoms with Gasteiger partial charge < -0.3 is 0 Å². The van der Waals surface area contributed by atoms with Gasteiger partial charge in [-0.25, -0.2) is 0 Å². The highest BCUT2D eigenvalue weighted by molar-refractivity contribution is 5.82. The van der Waals surface area contributed by atoms with Gasteiger partial charge in [-0.05, 0) is 169 Å². The van der Waals surface area contributed by atoms with Gasteiger partial charge in [0, 0.05) is 23.7 Å². The summed E-state index contributed by atoms with van der Waals surface area (Å²) in [5.41, 5.74) is 14.6. The topological polar surface area (TPSA) is 17.1 Å². The van der Waals surface area contributed by atoms with E-state index < -0.39 is 0 Å². The number of carbonyl (C=O) groups excluding carboxylic acids is 1. The van der Waals surface area contributed by atoms with E-state index in [1.165, 1.54) is 59.1 Å². The van der Waals surface area contributed by atoms with E-state index in [4.69, 9.17) is 0 Å². The lowest BCUT2D eigenvalue weighted by atomic mass is 9.53. The SMILES string of the molecule is CC1=C(C2(CC(=O)CC3(C4=C(C)CCCC4(C)C)CC/C(C)=C\CC/C=C(/C)C/C=C\3C)CC/C(C)=C\CC/C=C(/C)C/C=C\2C)C(C)(C)CCC1. The molecule has 4 aliphatic carbocycles. The first-order valence-corrected chi connectivity index (χ1v) is 21.3. The third kappa shape index (κ3) is 10.0. The second-order valence-corrected chi connectivity index (χ2v) is 19.4. The maximum atomic E-state index is 15.7. The molecule has 0 radical (unpaired) electrons. The summed E-state index contributed by atoms with van der Waals surface area (Å²) in [6, 6.07) is 0. The molecule has 0 aromatic rings. The summed E-state index contributed by atoms with van der Waals surface area (Å²) >= 11 is 0. The number of ketones is 1. The summed E-state index contributed by atoms with van der Waals surface area (Å²) in [5, 5.41) is 0. The zero-order chi connectivity index (χ0) is 38.3. The molecule has 0 aromatic carbocycles. The molecule has 0 N–H and O–H groups in total. The molecule has 4 rings (SSSR count). The minimum absolute atomic E-state index is 0.0637. The van der Waals surface area contributed by atoms with Crippen LogP contribution in [0.25, 0.3) is 0 Å². The third-order valence-electron chi connectivity index (χ3n) is 14.0. The summed E-state index contributed by atoms with van der Waals surface area (Å²) < 4.78 is 0. The molecule has 0 fully saturated rings. The van der Waals surface area contributed by atoms with E-state index >= 15 is 4.79 Å². The lowest BCUT2D eigenvalue weighted by Crippen LogP contribution is -2.41. The molecule has 0 bridgehead atoms. The van der Waals surface area contributed by atoms with Gasteiger partial charge in [-0.15, -0.1) is 0 Å². The number of rotatable bonds is 6. The van der Waals surface area contributed by atoms with E-state index in [1.807, 2.05) is 0 Å². The molecule has 2 atom stereocenters. The molecule has 0 saturated carbocycles. The molecule has 0 saturated heterocycles. The third-order valence-corrected chi connectivity index (χ3v) is 14.0. The van der Waals surface area contributed by atoms with Crippen LogP contribution < -0.4 is 0 Å². The van der Waals surface area contributed by atoms with Crippen LogP contribution in [0.15, 0.2) is 92.2 Å². The zero-order valence-electron chi connectivity index (χ0n) is 36.1. The minimum Gasteiger partial charge on any atom is -0.300 e. The van der Waals surface area contributed by atoms with Crippen LogP contribution in [0.4, 0.5) is 0 Å². The summed E-state index contributed by atoms with van der Waals surface area (Å²) in [6.45, 7) is 28.8. The first-order valence-electron chi connectivity index (χ1n) is 21.3. The largest absolute Gasteiger partial charge is 0.300 e. The van der Waals surface area contributed by atoms with Crippen molar-refractivity contribution in [2.24, 2.45) is 21.7 Å². The van der Waals surface area contributed by atoms with Crippen LogP contribution in [0.2, 0.25) is 0 Å². The molecule has 0 amide bonds. The monoisotopic (exact) mass is 707 g/mol. The number of carbonyl (C=O) groups is 1. The van der Waals surface area contributed by atoms with Crippen molar-refractivity contribution in [2.75, 3.05) is 0 Å². The van der Waals surface area contributed by atoms with E-state index in [0.717, 1.165) is 77.0 Å². The Labute approximate surface area is 322 Å². The normalized spacial score (nSPS) is 34.8. The molecule has 1 nitrogen and oxygen atoms in total. The van der Waals surface area contributed by atoms with Gasteiger partial charge >= 0.3 is 0 Å². The number of hydrogen-bond donors (Lipinski definition) is 0. The van der Waals surface area contributed by atoms with Gasteiger partial charge in [-0.1, -0.05) is 120 Å². The molecule has 0 aromatic heterocycles. The summed E-state index contributed by atoms with van der Waals surface area (Å²) in [7, 11) is 0. The van der Waals surface area contributed by atoms with Crippen molar-refractivity contribution < 1.29 is 4.79 Å². The van der Waals surface area contributed by atoms with Gasteiger partial charge in [0.05, 0.1) is 0 Å². The molecule has 2 unspecified atom stereocenters. The summed E-state index contributed by atoms with van der Waals surface area (Å²) in [4.78, 5) is 15.7. The van der Waals surface area contributed by atoms with E-state index in [0.29, 0.717) is 18.6 Å². The molecular formula is C51H78O. The quantitative estimate of drug-likeness (QED) is 0.251. The van der Waals surface area contributed by atoms with Crippen molar-refractivity contribution in [3.05, 3.63) is 92.2 Å². The molecule has 1 heteroatoms. The van der Waals surface area contributed by atoms with Crippen LogP contribution in [-0.4, -0.2) is 5.78 Å². The highest BCUT2D eigenvalue weighted by atomic mass is 16.1. The van der Waals surface area contributed by atoms with E-state index in [1.54, 1.807) is 22.3 Å². The Morgan fingerprint density at radius 2 is 0.827 bits per heavy atom. The zero-order valence-corrected chi connectivity index (χ0v) is 36.1. The van der Waals surface area contributed by atoms with E-state index in [-0.39, 0.29) is 21.7 Å². The fourth-order valence-electron chi connectivity index (χ4n) is 11.3. The van der Waals surface area contributed by atoms with Gasteiger partial charge in [-0.2, -0.15) is 0 Å². The van der Waals surface area contributed by atoms with Gasteiger partial charge in [-0.3, -0.25) is 4.79 Å². The van der Waals surface area contributed by atoms with Crippen LogP contribution in [0.1, 0.15) is 199 Å². The Morgan fingerprint density at radius 1 is 0.481 bits per heavy atom. The van der Waals surface area contributed by atoms with Crippen molar-refractivity contribution in [3.63, 3.8) is 0 Å². The lowest BCUT2D eigenvalue weighted by Gasteiger charge is -2.50. The van der Waals surface area contributed by atoms with Crippen LogP contribution in [0, 0.1) is 21.7 Å². The van der Waals surface area contributed by atoms with E-state index in [9.17, 15) is 0 Å².